The van der Waals surface area contributed by atoms with Gasteiger partial charge in [-0.3, -0.25) is 9.11 Å². The van der Waals surface area contributed by atoms with Gasteiger partial charge < -0.3 is 5.48 Å². The van der Waals surface area contributed by atoms with Crippen LogP contribution in [0.2, 0.25) is 0 Å². The first-order valence-corrected chi connectivity index (χ1v) is 3.10. The first-order chi connectivity index (χ1) is 3.00. The van der Waals surface area contributed by atoms with Crippen LogP contribution in [0.4, 0.5) is 0 Å². The number of rotatable bonds is 0. The minimum absolute atomic E-state index is 0. The molecule has 0 heterocycles. The maximum absolute atomic E-state index is 8.74. The molecule has 5 nitrogen and oxygen atoms in total. The summed E-state index contributed by atoms with van der Waals surface area (Å²) in [5.74, 6) is 0. The van der Waals surface area contributed by atoms with Crippen LogP contribution in [0.15, 0.2) is 0 Å². The summed E-state index contributed by atoms with van der Waals surface area (Å²) in [5, 5.41) is 0. The van der Waals surface area contributed by atoms with Gasteiger partial charge >= 0.3 is 40.0 Å². The third-order valence-electron chi connectivity index (χ3n) is 0. The average Bonchev–Trinajstić information content (AvgIpc) is 1.36. The molecule has 0 spiro atoms. The zero-order chi connectivity index (χ0) is 6.50. The van der Waals surface area contributed by atoms with E-state index in [2.05, 4.69) is 0 Å². The Labute approximate surface area is 76.6 Å². The normalized spacial score (nSPS) is 7.11. The molecule has 0 radical (unpaired) electrons. The summed E-state index contributed by atoms with van der Waals surface area (Å²) in [5.41, 5.74) is 0. The molecular formula is C2H11NaO5S. The second-order valence-corrected chi connectivity index (χ2v) is 1.34. The van der Waals surface area contributed by atoms with E-state index < -0.39 is 10.4 Å². The van der Waals surface area contributed by atoms with Crippen LogP contribution in [0.3, 0.4) is 0 Å². The van der Waals surface area contributed by atoms with Gasteiger partial charge in [-0.1, -0.05) is 13.8 Å². The van der Waals surface area contributed by atoms with Crippen LogP contribution < -0.4 is 0 Å². The van der Waals surface area contributed by atoms with Gasteiger partial charge in [0.25, 0.3) is 0 Å². The van der Waals surface area contributed by atoms with Gasteiger partial charge in [-0.15, -0.1) is 0 Å². The summed E-state index contributed by atoms with van der Waals surface area (Å²) in [7, 11) is -4.67. The van der Waals surface area contributed by atoms with Gasteiger partial charge in [0.15, 0.2) is 0 Å². The molecule has 0 fully saturated rings. The number of hydrogen-bond acceptors (Lipinski definition) is 2. The molecule has 0 saturated carbocycles. The molecule has 9 heavy (non-hydrogen) atoms. The fourth-order valence-corrected chi connectivity index (χ4v) is 0. The molecule has 0 amide bonds. The molecule has 0 unspecified atom stereocenters. The summed E-state index contributed by atoms with van der Waals surface area (Å²) in [6.07, 6.45) is 0. The molecule has 4 N–H and O–H groups in total. The van der Waals surface area contributed by atoms with Crippen molar-refractivity contribution in [3.63, 3.8) is 0 Å². The van der Waals surface area contributed by atoms with Gasteiger partial charge in [-0.2, -0.15) is 8.42 Å². The molecule has 0 bridgehead atoms. The van der Waals surface area contributed by atoms with Crippen LogP contribution in [0, 0.1) is 0 Å². The monoisotopic (exact) mass is 170 g/mol. The van der Waals surface area contributed by atoms with Gasteiger partial charge in [-0.05, 0) is 0 Å². The van der Waals surface area contributed by atoms with E-state index in [4.69, 9.17) is 17.5 Å². The predicted octanol–water partition coefficient (Wildman–Crippen LogP) is -1.10. The van der Waals surface area contributed by atoms with Crippen molar-refractivity contribution in [1.82, 2.24) is 0 Å². The molecule has 0 rings (SSSR count). The van der Waals surface area contributed by atoms with Crippen LogP contribution in [-0.2, 0) is 10.4 Å². The van der Waals surface area contributed by atoms with E-state index in [1.54, 1.807) is 0 Å². The van der Waals surface area contributed by atoms with Crippen molar-refractivity contribution < 1.29 is 23.0 Å². The molecule has 0 aromatic rings. The van der Waals surface area contributed by atoms with E-state index in [9.17, 15) is 0 Å². The second-order valence-electron chi connectivity index (χ2n) is 0.448. The van der Waals surface area contributed by atoms with E-state index in [-0.39, 0.29) is 35.0 Å². The molecule has 0 aliphatic heterocycles. The molecule has 56 valence electrons. The van der Waals surface area contributed by atoms with Crippen LogP contribution in [0.25, 0.3) is 0 Å². The van der Waals surface area contributed by atoms with Gasteiger partial charge in [0, 0.05) is 0 Å². The van der Waals surface area contributed by atoms with Gasteiger partial charge in [-0.25, -0.2) is 0 Å². The Morgan fingerprint density at radius 2 is 1.11 bits per heavy atom. The quantitative estimate of drug-likeness (QED) is 0.355. The van der Waals surface area contributed by atoms with Crippen molar-refractivity contribution in [1.29, 1.82) is 0 Å². The SMILES string of the molecule is CC.O.O=S(=O)(O)O.[NaH]. The summed E-state index contributed by atoms with van der Waals surface area (Å²) < 4.78 is 31.6. The van der Waals surface area contributed by atoms with Crippen LogP contribution in [-0.4, -0.2) is 52.6 Å². The predicted molar refractivity (Wildman–Crippen MR) is 36.3 cm³/mol. The van der Waals surface area contributed by atoms with Crippen molar-refractivity contribution in [2.24, 2.45) is 0 Å². The number of hydrogen-bond donors (Lipinski definition) is 2. The summed E-state index contributed by atoms with van der Waals surface area (Å²) >= 11 is 0. The Morgan fingerprint density at radius 3 is 1.11 bits per heavy atom. The molecule has 0 aliphatic carbocycles. The molecule has 0 aromatic carbocycles. The Balaban J connectivity index is -0.0000000286. The summed E-state index contributed by atoms with van der Waals surface area (Å²) in [6, 6.07) is 0. The minimum atomic E-state index is -4.67. The summed E-state index contributed by atoms with van der Waals surface area (Å²) in [4.78, 5) is 0. The molecule has 0 aliphatic rings. The van der Waals surface area contributed by atoms with Crippen LogP contribution in [0.1, 0.15) is 13.8 Å². The zero-order valence-corrected chi connectivity index (χ0v) is 5.44. The molecular weight excluding hydrogens is 159 g/mol. The molecule has 0 atom stereocenters. The Morgan fingerprint density at radius 1 is 1.11 bits per heavy atom. The van der Waals surface area contributed by atoms with E-state index in [0.717, 1.165) is 0 Å². The molecule has 0 saturated heterocycles. The average molecular weight is 170 g/mol. The molecule has 7 heteroatoms. The van der Waals surface area contributed by atoms with E-state index in [1.165, 1.54) is 0 Å². The van der Waals surface area contributed by atoms with Gasteiger partial charge in [0.1, 0.15) is 0 Å². The summed E-state index contributed by atoms with van der Waals surface area (Å²) in [6.45, 7) is 4.00. The van der Waals surface area contributed by atoms with Crippen LogP contribution >= 0.6 is 0 Å². The van der Waals surface area contributed by atoms with Gasteiger partial charge in [0.2, 0.25) is 0 Å². The first kappa shape index (κ1) is 22.5. The fourth-order valence-electron chi connectivity index (χ4n) is 0. The fraction of sp³-hybridized carbons (Fsp3) is 1.00. The standard InChI is InChI=1S/C2H6.Na.H2O4S.H2O.H/c1-2;;1-5(2,3)4;;/h1-2H3;;(H2,1,2,3,4);1H2;. The van der Waals surface area contributed by atoms with E-state index >= 15 is 0 Å². The van der Waals surface area contributed by atoms with E-state index in [0.29, 0.717) is 0 Å². The van der Waals surface area contributed by atoms with Gasteiger partial charge in [0.05, 0.1) is 0 Å². The topological polar surface area (TPSA) is 106 Å². The Bertz CT molecular complexity index is 98.1. The zero-order valence-electron chi connectivity index (χ0n) is 4.62. The van der Waals surface area contributed by atoms with Crippen molar-refractivity contribution in [3.05, 3.63) is 0 Å². The Hall–Kier alpha value is 0.830. The third-order valence-corrected chi connectivity index (χ3v) is 0. The maximum atomic E-state index is 8.74. The van der Waals surface area contributed by atoms with Crippen molar-refractivity contribution >= 4 is 40.0 Å². The third kappa shape index (κ3) is 598. The van der Waals surface area contributed by atoms with Crippen molar-refractivity contribution in [2.45, 2.75) is 13.8 Å². The second kappa shape index (κ2) is 11.6. The van der Waals surface area contributed by atoms with Crippen molar-refractivity contribution in [3.8, 4) is 0 Å². The first-order valence-electron chi connectivity index (χ1n) is 1.70. The van der Waals surface area contributed by atoms with Crippen molar-refractivity contribution in [2.75, 3.05) is 0 Å². The molecule has 0 aromatic heterocycles. The van der Waals surface area contributed by atoms with Crippen LogP contribution in [0.5, 0.6) is 0 Å². The Kier molecular flexibility index (Phi) is 29.1. The van der Waals surface area contributed by atoms with E-state index in [1.807, 2.05) is 13.8 Å².